The minimum Gasteiger partial charge on any atom is -0.493 e. The number of methoxy groups -OCH3 is 3. The average molecular weight is 293 g/mol. The van der Waals surface area contributed by atoms with Gasteiger partial charge in [-0.1, -0.05) is 0 Å². The second-order valence-electron chi connectivity index (χ2n) is 6.17. The van der Waals surface area contributed by atoms with Gasteiger partial charge < -0.3 is 19.5 Å². The number of hydrogen-bond donors (Lipinski definition) is 1. The van der Waals surface area contributed by atoms with Crippen molar-refractivity contribution >= 4 is 0 Å². The summed E-state index contributed by atoms with van der Waals surface area (Å²) in [6, 6.07) is 4.58. The van der Waals surface area contributed by atoms with Gasteiger partial charge in [-0.05, 0) is 62.9 Å². The molecule has 0 aromatic heterocycles. The summed E-state index contributed by atoms with van der Waals surface area (Å²) in [7, 11) is 5.14. The fraction of sp³-hybridized carbons (Fsp3) is 0.647. The highest BCUT2D eigenvalue weighted by Gasteiger charge is 2.25. The van der Waals surface area contributed by atoms with E-state index in [9.17, 15) is 0 Å². The molecule has 4 nitrogen and oxygen atoms in total. The molecule has 1 aromatic rings. The highest BCUT2D eigenvalue weighted by molar-refractivity contribution is 5.49. The summed E-state index contributed by atoms with van der Waals surface area (Å²) in [4.78, 5) is 0. The number of benzene rings is 1. The van der Waals surface area contributed by atoms with Crippen LogP contribution in [0.5, 0.6) is 11.5 Å². The Balaban J connectivity index is 2.22. The Hall–Kier alpha value is -1.26. The zero-order valence-corrected chi connectivity index (χ0v) is 13.8. The van der Waals surface area contributed by atoms with Gasteiger partial charge in [0.1, 0.15) is 0 Å². The van der Waals surface area contributed by atoms with Crippen LogP contribution < -0.4 is 14.8 Å². The van der Waals surface area contributed by atoms with E-state index in [2.05, 4.69) is 31.3 Å². The Bertz CT molecular complexity index is 485. The number of hydrogen-bond acceptors (Lipinski definition) is 4. The van der Waals surface area contributed by atoms with Crippen LogP contribution in [0.1, 0.15) is 43.9 Å². The van der Waals surface area contributed by atoms with Crippen molar-refractivity contribution in [1.82, 2.24) is 5.32 Å². The SMILES string of the molecule is COc1cc2c(cc1OC)C(CCC(C)(C)OC)NCC2. The van der Waals surface area contributed by atoms with Crippen molar-refractivity contribution in [3.8, 4) is 11.5 Å². The Kier molecular flexibility index (Phi) is 5.12. The van der Waals surface area contributed by atoms with E-state index in [4.69, 9.17) is 14.2 Å². The van der Waals surface area contributed by atoms with Crippen LogP contribution in [0.25, 0.3) is 0 Å². The summed E-state index contributed by atoms with van der Waals surface area (Å²) < 4.78 is 16.4. The van der Waals surface area contributed by atoms with E-state index >= 15 is 0 Å². The van der Waals surface area contributed by atoms with Gasteiger partial charge in [0.25, 0.3) is 0 Å². The van der Waals surface area contributed by atoms with Crippen LogP contribution in [0.15, 0.2) is 12.1 Å². The number of ether oxygens (including phenoxy) is 3. The number of rotatable bonds is 6. The maximum Gasteiger partial charge on any atom is 0.161 e. The van der Waals surface area contributed by atoms with Crippen molar-refractivity contribution in [3.63, 3.8) is 0 Å². The van der Waals surface area contributed by atoms with E-state index in [-0.39, 0.29) is 5.60 Å². The molecule has 2 rings (SSSR count). The van der Waals surface area contributed by atoms with E-state index < -0.39 is 0 Å². The van der Waals surface area contributed by atoms with Crippen molar-refractivity contribution in [1.29, 1.82) is 0 Å². The minimum absolute atomic E-state index is 0.0875. The van der Waals surface area contributed by atoms with E-state index in [1.165, 1.54) is 11.1 Å². The second-order valence-corrected chi connectivity index (χ2v) is 6.17. The topological polar surface area (TPSA) is 39.7 Å². The zero-order chi connectivity index (χ0) is 15.5. The summed E-state index contributed by atoms with van der Waals surface area (Å²) in [5.74, 6) is 1.62. The Morgan fingerprint density at radius 3 is 2.43 bits per heavy atom. The quantitative estimate of drug-likeness (QED) is 0.875. The lowest BCUT2D eigenvalue weighted by Crippen LogP contribution is -2.32. The van der Waals surface area contributed by atoms with Gasteiger partial charge in [-0.25, -0.2) is 0 Å². The van der Waals surface area contributed by atoms with Crippen LogP contribution in [0.3, 0.4) is 0 Å². The third-order valence-corrected chi connectivity index (χ3v) is 4.39. The van der Waals surface area contributed by atoms with E-state index in [1.54, 1.807) is 21.3 Å². The van der Waals surface area contributed by atoms with Crippen LogP contribution in [-0.4, -0.2) is 33.5 Å². The van der Waals surface area contributed by atoms with Crippen LogP contribution in [0.4, 0.5) is 0 Å². The molecule has 0 spiro atoms. The van der Waals surface area contributed by atoms with Crippen LogP contribution >= 0.6 is 0 Å². The summed E-state index contributed by atoms with van der Waals surface area (Å²) in [5, 5.41) is 3.61. The minimum atomic E-state index is -0.0875. The molecule has 0 aliphatic carbocycles. The summed E-state index contributed by atoms with van der Waals surface area (Å²) in [6.45, 7) is 5.26. The van der Waals surface area contributed by atoms with Crippen molar-refractivity contribution in [2.45, 2.75) is 44.8 Å². The standard InChI is InChI=1S/C17H27NO3/c1-17(2,21-5)8-6-14-13-11-16(20-4)15(19-3)10-12(13)7-9-18-14/h10-11,14,18H,6-9H2,1-5H3. The van der Waals surface area contributed by atoms with E-state index in [0.717, 1.165) is 37.3 Å². The molecule has 21 heavy (non-hydrogen) atoms. The molecule has 1 aromatic carbocycles. The van der Waals surface area contributed by atoms with Gasteiger partial charge >= 0.3 is 0 Å². The molecule has 1 N–H and O–H groups in total. The maximum absolute atomic E-state index is 5.53. The molecule has 0 saturated heterocycles. The lowest BCUT2D eigenvalue weighted by atomic mass is 9.88. The summed E-state index contributed by atoms with van der Waals surface area (Å²) in [5.41, 5.74) is 2.59. The first-order valence-electron chi connectivity index (χ1n) is 7.54. The van der Waals surface area contributed by atoms with Gasteiger partial charge in [0.2, 0.25) is 0 Å². The van der Waals surface area contributed by atoms with Gasteiger partial charge in [-0.2, -0.15) is 0 Å². The fourth-order valence-corrected chi connectivity index (χ4v) is 2.82. The second kappa shape index (κ2) is 6.67. The molecule has 0 fully saturated rings. The van der Waals surface area contributed by atoms with Crippen LogP contribution in [0, 0.1) is 0 Å². The molecule has 0 radical (unpaired) electrons. The van der Waals surface area contributed by atoms with Crippen molar-refractivity contribution in [3.05, 3.63) is 23.3 Å². The molecule has 1 atom stereocenters. The molecule has 0 saturated carbocycles. The molecule has 1 heterocycles. The molecule has 0 bridgehead atoms. The van der Waals surface area contributed by atoms with Crippen molar-refractivity contribution in [2.24, 2.45) is 0 Å². The highest BCUT2D eigenvalue weighted by atomic mass is 16.5. The van der Waals surface area contributed by atoms with Gasteiger partial charge in [0.15, 0.2) is 11.5 Å². The largest absolute Gasteiger partial charge is 0.493 e. The van der Waals surface area contributed by atoms with Gasteiger partial charge in [0.05, 0.1) is 19.8 Å². The monoisotopic (exact) mass is 293 g/mol. The van der Waals surface area contributed by atoms with Crippen LogP contribution in [0.2, 0.25) is 0 Å². The smallest absolute Gasteiger partial charge is 0.161 e. The predicted octanol–water partition coefficient (Wildman–Crippen LogP) is 3.10. The first-order valence-corrected chi connectivity index (χ1v) is 7.54. The molecule has 4 heteroatoms. The third kappa shape index (κ3) is 3.69. The van der Waals surface area contributed by atoms with Crippen LogP contribution in [-0.2, 0) is 11.2 Å². The van der Waals surface area contributed by atoms with Crippen molar-refractivity contribution < 1.29 is 14.2 Å². The molecular weight excluding hydrogens is 266 g/mol. The van der Waals surface area contributed by atoms with Gasteiger partial charge in [-0.3, -0.25) is 0 Å². The first kappa shape index (κ1) is 16.1. The zero-order valence-electron chi connectivity index (χ0n) is 13.8. The Labute approximate surface area is 127 Å². The fourth-order valence-electron chi connectivity index (χ4n) is 2.82. The van der Waals surface area contributed by atoms with Gasteiger partial charge in [0, 0.05) is 13.2 Å². The number of fused-ring (bicyclic) bond motifs is 1. The summed E-state index contributed by atoms with van der Waals surface area (Å²) >= 11 is 0. The van der Waals surface area contributed by atoms with Crippen molar-refractivity contribution in [2.75, 3.05) is 27.9 Å². The lowest BCUT2D eigenvalue weighted by molar-refractivity contribution is 0.0115. The summed E-state index contributed by atoms with van der Waals surface area (Å²) in [6.07, 6.45) is 3.08. The van der Waals surface area contributed by atoms with E-state index in [1.807, 2.05) is 0 Å². The molecule has 0 amide bonds. The Morgan fingerprint density at radius 1 is 1.14 bits per heavy atom. The first-order chi connectivity index (χ1) is 10.0. The molecule has 118 valence electrons. The number of nitrogens with one attached hydrogen (secondary N) is 1. The molecule has 1 unspecified atom stereocenters. The predicted molar refractivity (Wildman–Crippen MR) is 84.3 cm³/mol. The molecule has 1 aliphatic heterocycles. The Morgan fingerprint density at radius 2 is 1.81 bits per heavy atom. The third-order valence-electron chi connectivity index (χ3n) is 4.39. The molecular formula is C17H27NO3. The van der Waals surface area contributed by atoms with E-state index in [0.29, 0.717) is 6.04 Å². The maximum atomic E-state index is 5.53. The highest BCUT2D eigenvalue weighted by Crippen LogP contribution is 2.37. The average Bonchev–Trinajstić information content (AvgIpc) is 2.51. The molecule has 1 aliphatic rings. The van der Waals surface area contributed by atoms with Gasteiger partial charge in [-0.15, -0.1) is 0 Å². The lowest BCUT2D eigenvalue weighted by Gasteiger charge is -2.31. The normalized spacial score (nSPS) is 18.2.